The second-order valence-corrected chi connectivity index (χ2v) is 5.63. The number of nitro groups is 1. The van der Waals surface area contributed by atoms with E-state index < -0.39 is 16.8 Å². The van der Waals surface area contributed by atoms with E-state index in [0.717, 1.165) is 10.9 Å². The number of rotatable bonds is 7. The molecule has 2 aromatic rings. The highest BCUT2D eigenvalue weighted by molar-refractivity contribution is 7.12. The Kier molecular flexibility index (Phi) is 5.74. The predicted molar refractivity (Wildman–Crippen MR) is 88.3 cm³/mol. The Morgan fingerprint density at radius 3 is 2.67 bits per heavy atom. The summed E-state index contributed by atoms with van der Waals surface area (Å²) >= 11 is 1.37. The van der Waals surface area contributed by atoms with Crippen LogP contribution in [-0.4, -0.2) is 27.6 Å². The largest absolute Gasteiger partial charge is 0.481 e. The highest BCUT2D eigenvalue weighted by Gasteiger charge is 2.12. The van der Waals surface area contributed by atoms with Gasteiger partial charge in [-0.1, -0.05) is 12.1 Å². The molecule has 0 unspecified atom stereocenters. The van der Waals surface area contributed by atoms with Crippen molar-refractivity contribution in [2.75, 3.05) is 0 Å². The van der Waals surface area contributed by atoms with Crippen molar-refractivity contribution in [3.8, 4) is 0 Å². The summed E-state index contributed by atoms with van der Waals surface area (Å²) in [6, 6.07) is 8.82. The Balaban J connectivity index is 2.15. The van der Waals surface area contributed by atoms with Crippen LogP contribution in [0.2, 0.25) is 0 Å². The van der Waals surface area contributed by atoms with Gasteiger partial charge in [0.2, 0.25) is 0 Å². The van der Waals surface area contributed by atoms with E-state index in [4.69, 9.17) is 5.11 Å². The summed E-state index contributed by atoms with van der Waals surface area (Å²) in [5.41, 5.74) is 2.65. The molecule has 0 aliphatic rings. The van der Waals surface area contributed by atoms with Crippen molar-refractivity contribution in [3.05, 3.63) is 62.3 Å². The van der Waals surface area contributed by atoms with Crippen LogP contribution >= 0.6 is 11.3 Å². The number of hydrazone groups is 1. The molecule has 1 amide bonds. The average molecular weight is 347 g/mol. The van der Waals surface area contributed by atoms with Crippen molar-refractivity contribution >= 4 is 34.6 Å². The van der Waals surface area contributed by atoms with Gasteiger partial charge in [0.05, 0.1) is 21.9 Å². The molecule has 1 aromatic heterocycles. The second-order valence-electron chi connectivity index (χ2n) is 4.68. The van der Waals surface area contributed by atoms with Crippen LogP contribution < -0.4 is 5.43 Å². The van der Waals surface area contributed by atoms with Gasteiger partial charge in [-0.3, -0.25) is 19.7 Å². The maximum absolute atomic E-state index is 12.1. The van der Waals surface area contributed by atoms with E-state index in [0.29, 0.717) is 5.71 Å². The lowest BCUT2D eigenvalue weighted by atomic mass is 10.2. The number of nitrogens with one attached hydrogen (secondary N) is 1. The van der Waals surface area contributed by atoms with Crippen LogP contribution in [0.1, 0.15) is 28.1 Å². The SMILES string of the molecule is O=C(O)CCC(=NNC(=O)c1cccc([N+](=O)[O-])c1)c1cccs1. The third kappa shape index (κ3) is 4.71. The van der Waals surface area contributed by atoms with Crippen LogP contribution in [0.3, 0.4) is 0 Å². The van der Waals surface area contributed by atoms with Crippen LogP contribution in [0, 0.1) is 10.1 Å². The molecule has 2 N–H and O–H groups in total. The Labute approximate surface area is 140 Å². The monoisotopic (exact) mass is 347 g/mol. The number of carbonyl (C=O) groups is 2. The number of benzene rings is 1. The van der Waals surface area contributed by atoms with E-state index in [-0.39, 0.29) is 24.1 Å². The molecule has 8 nitrogen and oxygen atoms in total. The van der Waals surface area contributed by atoms with Crippen molar-refractivity contribution in [2.24, 2.45) is 5.10 Å². The van der Waals surface area contributed by atoms with Crippen LogP contribution in [0.25, 0.3) is 0 Å². The van der Waals surface area contributed by atoms with Gasteiger partial charge >= 0.3 is 5.97 Å². The fourth-order valence-electron chi connectivity index (χ4n) is 1.85. The molecule has 0 radical (unpaired) electrons. The Bertz CT molecular complexity index is 786. The van der Waals surface area contributed by atoms with Gasteiger partial charge in [-0.2, -0.15) is 5.10 Å². The fraction of sp³-hybridized carbons (Fsp3) is 0.133. The first-order chi connectivity index (χ1) is 11.5. The minimum atomic E-state index is -0.968. The number of thiophene rings is 1. The van der Waals surface area contributed by atoms with Crippen molar-refractivity contribution in [3.63, 3.8) is 0 Å². The topological polar surface area (TPSA) is 122 Å². The number of non-ortho nitro benzene ring substituents is 1. The number of hydrogen-bond donors (Lipinski definition) is 2. The fourth-order valence-corrected chi connectivity index (χ4v) is 2.59. The first kappa shape index (κ1) is 17.3. The average Bonchev–Trinajstić information content (AvgIpc) is 3.08. The molecule has 124 valence electrons. The summed E-state index contributed by atoms with van der Waals surface area (Å²) in [6.07, 6.45) is 0.0362. The second kappa shape index (κ2) is 7.97. The van der Waals surface area contributed by atoms with Gasteiger partial charge in [-0.05, 0) is 17.5 Å². The summed E-state index contributed by atoms with van der Waals surface area (Å²) < 4.78 is 0. The van der Waals surface area contributed by atoms with Gasteiger partial charge < -0.3 is 5.11 Å². The Morgan fingerprint density at radius 1 is 1.25 bits per heavy atom. The Hall–Kier alpha value is -3.07. The summed E-state index contributed by atoms with van der Waals surface area (Å²) in [5.74, 6) is -1.58. The lowest BCUT2D eigenvalue weighted by Crippen LogP contribution is -2.20. The molecule has 0 atom stereocenters. The molecule has 0 fully saturated rings. The predicted octanol–water partition coefficient (Wildman–Crippen LogP) is 2.66. The number of carboxylic acid groups (broad SMARTS) is 1. The third-order valence-corrected chi connectivity index (χ3v) is 3.91. The summed E-state index contributed by atoms with van der Waals surface area (Å²) in [6.45, 7) is 0. The van der Waals surface area contributed by atoms with Crippen molar-refractivity contribution in [1.29, 1.82) is 0 Å². The normalized spacial score (nSPS) is 11.1. The highest BCUT2D eigenvalue weighted by atomic mass is 32.1. The van der Waals surface area contributed by atoms with Gasteiger partial charge in [-0.15, -0.1) is 11.3 Å². The highest BCUT2D eigenvalue weighted by Crippen LogP contribution is 2.15. The molecular weight excluding hydrogens is 334 g/mol. The molecule has 0 saturated carbocycles. The maximum Gasteiger partial charge on any atom is 0.303 e. The lowest BCUT2D eigenvalue weighted by Gasteiger charge is -2.04. The standard InChI is InChI=1S/C15H13N3O5S/c19-14(20)7-6-12(13-5-2-8-24-13)16-17-15(21)10-3-1-4-11(9-10)18(22)23/h1-5,8-9H,6-7H2,(H,17,21)(H,19,20). The number of carbonyl (C=O) groups excluding carboxylic acids is 1. The minimum absolute atomic E-state index is 0.0942. The summed E-state index contributed by atoms with van der Waals surface area (Å²) in [4.78, 5) is 33.7. The quantitative estimate of drug-likeness (QED) is 0.453. The van der Waals surface area contributed by atoms with Gasteiger partial charge in [-0.25, -0.2) is 5.43 Å². The molecule has 9 heteroatoms. The number of amides is 1. The van der Waals surface area contributed by atoms with E-state index >= 15 is 0 Å². The summed E-state index contributed by atoms with van der Waals surface area (Å²) in [5, 5.41) is 25.3. The molecule has 0 aliphatic heterocycles. The number of carboxylic acids is 1. The van der Waals surface area contributed by atoms with Crippen molar-refractivity contribution < 1.29 is 19.6 Å². The Morgan fingerprint density at radius 2 is 2.04 bits per heavy atom. The summed E-state index contributed by atoms with van der Waals surface area (Å²) in [7, 11) is 0. The minimum Gasteiger partial charge on any atom is -0.481 e. The molecule has 0 bridgehead atoms. The van der Waals surface area contributed by atoms with Gasteiger partial charge in [0.1, 0.15) is 0 Å². The van der Waals surface area contributed by atoms with Gasteiger partial charge in [0.25, 0.3) is 11.6 Å². The van der Waals surface area contributed by atoms with Crippen LogP contribution in [0.5, 0.6) is 0 Å². The molecule has 1 heterocycles. The zero-order chi connectivity index (χ0) is 17.5. The number of aliphatic carboxylic acids is 1. The first-order valence-electron chi connectivity index (χ1n) is 6.84. The lowest BCUT2D eigenvalue weighted by molar-refractivity contribution is -0.384. The zero-order valence-electron chi connectivity index (χ0n) is 12.3. The number of nitro benzene ring substituents is 1. The molecule has 0 spiro atoms. The maximum atomic E-state index is 12.1. The first-order valence-corrected chi connectivity index (χ1v) is 7.72. The van der Waals surface area contributed by atoms with Crippen LogP contribution in [0.4, 0.5) is 5.69 Å². The molecule has 1 aromatic carbocycles. The van der Waals surface area contributed by atoms with Crippen molar-refractivity contribution in [1.82, 2.24) is 5.43 Å². The third-order valence-electron chi connectivity index (χ3n) is 2.99. The van der Waals surface area contributed by atoms with E-state index in [1.165, 1.54) is 29.5 Å². The molecule has 0 aliphatic carbocycles. The molecule has 2 rings (SSSR count). The number of hydrogen-bond acceptors (Lipinski definition) is 6. The molecule has 24 heavy (non-hydrogen) atoms. The van der Waals surface area contributed by atoms with E-state index in [1.54, 1.807) is 12.1 Å². The number of nitrogens with zero attached hydrogens (tertiary/aromatic N) is 2. The van der Waals surface area contributed by atoms with E-state index in [9.17, 15) is 19.7 Å². The zero-order valence-corrected chi connectivity index (χ0v) is 13.2. The van der Waals surface area contributed by atoms with E-state index in [2.05, 4.69) is 10.5 Å². The van der Waals surface area contributed by atoms with Crippen LogP contribution in [-0.2, 0) is 4.79 Å². The van der Waals surface area contributed by atoms with Gasteiger partial charge in [0.15, 0.2) is 0 Å². The molecule has 0 saturated heterocycles. The molecular formula is C15H13N3O5S. The van der Waals surface area contributed by atoms with Crippen molar-refractivity contribution in [2.45, 2.75) is 12.8 Å². The van der Waals surface area contributed by atoms with Crippen LogP contribution in [0.15, 0.2) is 46.9 Å². The van der Waals surface area contributed by atoms with E-state index in [1.807, 2.05) is 5.38 Å². The smallest absolute Gasteiger partial charge is 0.303 e. The van der Waals surface area contributed by atoms with Gasteiger partial charge in [0, 0.05) is 24.1 Å².